The molecule has 152 valence electrons. The summed E-state index contributed by atoms with van der Waals surface area (Å²) in [5.74, 6) is -0.0290. The molecule has 2 aromatic carbocycles. The molecule has 0 aliphatic heterocycles. The molecular formula is C19H18ClN3O5S. The summed E-state index contributed by atoms with van der Waals surface area (Å²) in [5.41, 5.74) is 0.341. The first kappa shape index (κ1) is 20.8. The molecule has 0 N–H and O–H groups in total. The molecule has 3 rings (SSSR count). The van der Waals surface area contributed by atoms with Crippen molar-refractivity contribution in [1.29, 1.82) is 0 Å². The number of benzene rings is 2. The van der Waals surface area contributed by atoms with E-state index in [9.17, 15) is 18.5 Å². The molecule has 0 aliphatic rings. The van der Waals surface area contributed by atoms with Crippen LogP contribution in [0.5, 0.6) is 5.88 Å². The number of nitro benzene ring substituents is 1. The first-order valence-corrected chi connectivity index (χ1v) is 10.3. The van der Waals surface area contributed by atoms with E-state index in [4.69, 9.17) is 15.8 Å². The zero-order valence-electron chi connectivity index (χ0n) is 15.9. The summed E-state index contributed by atoms with van der Waals surface area (Å²) < 4.78 is 32.3. The van der Waals surface area contributed by atoms with Crippen LogP contribution in [-0.4, -0.2) is 23.1 Å². The van der Waals surface area contributed by atoms with Gasteiger partial charge in [-0.3, -0.25) is 10.1 Å². The summed E-state index contributed by atoms with van der Waals surface area (Å²) in [6.07, 6.45) is 0. The highest BCUT2D eigenvalue weighted by Gasteiger charge is 2.27. The lowest BCUT2D eigenvalue weighted by Gasteiger charge is -2.13. The normalized spacial score (nSPS) is 12.0. The van der Waals surface area contributed by atoms with Crippen LogP contribution in [-0.2, 0) is 15.5 Å². The van der Waals surface area contributed by atoms with Gasteiger partial charge in [0, 0.05) is 17.5 Å². The third-order valence-corrected chi connectivity index (χ3v) is 5.59. The molecule has 0 amide bonds. The Labute approximate surface area is 173 Å². The molecule has 1 heterocycles. The molecule has 0 aliphatic carbocycles. The maximum atomic E-state index is 12.8. The van der Waals surface area contributed by atoms with Crippen molar-refractivity contribution in [1.82, 2.24) is 9.78 Å². The van der Waals surface area contributed by atoms with Gasteiger partial charge < -0.3 is 4.18 Å². The highest BCUT2D eigenvalue weighted by Crippen LogP contribution is 2.31. The highest BCUT2D eigenvalue weighted by molar-refractivity contribution is 7.87. The Kier molecular flexibility index (Phi) is 5.38. The molecule has 0 atom stereocenters. The van der Waals surface area contributed by atoms with Crippen molar-refractivity contribution in [2.24, 2.45) is 0 Å². The molecule has 0 spiro atoms. The van der Waals surface area contributed by atoms with E-state index in [2.05, 4.69) is 5.10 Å². The maximum absolute atomic E-state index is 12.8. The average molecular weight is 436 g/mol. The van der Waals surface area contributed by atoms with Crippen LogP contribution >= 0.6 is 11.6 Å². The van der Waals surface area contributed by atoms with Crippen molar-refractivity contribution in [2.45, 2.75) is 31.1 Å². The van der Waals surface area contributed by atoms with Gasteiger partial charge in [0.1, 0.15) is 9.92 Å². The monoisotopic (exact) mass is 435 g/mol. The van der Waals surface area contributed by atoms with E-state index in [1.165, 1.54) is 10.7 Å². The predicted octanol–water partition coefficient (Wildman–Crippen LogP) is 4.50. The number of para-hydroxylation sites is 1. The molecule has 29 heavy (non-hydrogen) atoms. The number of aromatic nitrogens is 2. The number of hydrogen-bond acceptors (Lipinski definition) is 6. The van der Waals surface area contributed by atoms with Crippen LogP contribution in [0, 0.1) is 10.1 Å². The fraction of sp³-hybridized carbons (Fsp3) is 0.211. The van der Waals surface area contributed by atoms with Crippen molar-refractivity contribution < 1.29 is 17.5 Å². The third-order valence-electron chi connectivity index (χ3n) is 4.04. The van der Waals surface area contributed by atoms with Crippen molar-refractivity contribution in [2.75, 3.05) is 0 Å². The van der Waals surface area contributed by atoms with E-state index in [-0.39, 0.29) is 21.2 Å². The summed E-state index contributed by atoms with van der Waals surface area (Å²) in [7, 11) is -4.37. The highest BCUT2D eigenvalue weighted by atomic mass is 35.5. The van der Waals surface area contributed by atoms with Gasteiger partial charge in [-0.25, -0.2) is 0 Å². The van der Waals surface area contributed by atoms with Crippen LogP contribution in [0.2, 0.25) is 5.02 Å². The minimum Gasteiger partial charge on any atom is -0.358 e. The largest absolute Gasteiger partial charge is 0.358 e. The van der Waals surface area contributed by atoms with E-state index >= 15 is 0 Å². The minimum atomic E-state index is -4.37. The molecule has 0 bridgehead atoms. The van der Waals surface area contributed by atoms with E-state index in [0.29, 0.717) is 11.4 Å². The molecule has 8 nitrogen and oxygen atoms in total. The molecule has 0 unspecified atom stereocenters. The molecule has 0 saturated carbocycles. The second-order valence-electron chi connectivity index (χ2n) is 7.27. The van der Waals surface area contributed by atoms with Crippen molar-refractivity contribution in [3.8, 4) is 11.6 Å². The smallest absolute Gasteiger partial charge is 0.340 e. The lowest BCUT2D eigenvalue weighted by Crippen LogP contribution is -2.13. The summed E-state index contributed by atoms with van der Waals surface area (Å²) in [6.45, 7) is 5.81. The second kappa shape index (κ2) is 7.49. The minimum absolute atomic E-state index is 0.0290. The molecular weight excluding hydrogens is 418 g/mol. The molecule has 0 radical (unpaired) electrons. The van der Waals surface area contributed by atoms with Gasteiger partial charge >= 0.3 is 10.1 Å². The second-order valence-corrected chi connectivity index (χ2v) is 9.23. The van der Waals surface area contributed by atoms with Gasteiger partial charge in [-0.05, 0) is 24.3 Å². The van der Waals surface area contributed by atoms with Crippen molar-refractivity contribution in [3.63, 3.8) is 0 Å². The van der Waals surface area contributed by atoms with Gasteiger partial charge in [0.25, 0.3) is 5.69 Å². The Bertz CT molecular complexity index is 1170. The van der Waals surface area contributed by atoms with Crippen LogP contribution in [0.4, 0.5) is 5.69 Å². The maximum Gasteiger partial charge on any atom is 0.340 e. The van der Waals surface area contributed by atoms with Gasteiger partial charge in [0.05, 0.1) is 16.3 Å². The van der Waals surface area contributed by atoms with E-state index < -0.39 is 20.7 Å². The molecule has 1 aromatic heterocycles. The first-order chi connectivity index (χ1) is 13.5. The number of rotatable bonds is 5. The van der Waals surface area contributed by atoms with E-state index in [1.54, 1.807) is 24.3 Å². The number of halogens is 1. The van der Waals surface area contributed by atoms with Crippen LogP contribution < -0.4 is 4.18 Å². The number of nitro groups is 1. The fourth-order valence-corrected chi connectivity index (χ4v) is 3.61. The Balaban J connectivity index is 2.08. The number of nitrogens with zero attached hydrogens (tertiary/aromatic N) is 3. The SMILES string of the molecule is CC(C)(C)c1cc(OS(=O)(=O)c2ccc(Cl)c([N+](=O)[O-])c2)n(-c2ccccc2)n1. The summed E-state index contributed by atoms with van der Waals surface area (Å²) in [6, 6.07) is 13.6. The van der Waals surface area contributed by atoms with Crippen LogP contribution in [0.15, 0.2) is 59.5 Å². The fourth-order valence-electron chi connectivity index (χ4n) is 2.49. The Morgan fingerprint density at radius 3 is 2.34 bits per heavy atom. The summed E-state index contributed by atoms with van der Waals surface area (Å²) in [5, 5.41) is 15.4. The van der Waals surface area contributed by atoms with E-state index in [0.717, 1.165) is 18.2 Å². The van der Waals surface area contributed by atoms with Gasteiger partial charge in [-0.1, -0.05) is 50.6 Å². The van der Waals surface area contributed by atoms with Crippen LogP contribution in [0.1, 0.15) is 26.5 Å². The standard InChI is InChI=1S/C19H18ClN3O5S/c1-19(2,3)17-12-18(22(21-17)13-7-5-4-6-8-13)28-29(26,27)14-9-10-15(20)16(11-14)23(24)25/h4-12H,1-3H3. The quantitative estimate of drug-likeness (QED) is 0.332. The molecule has 0 saturated heterocycles. The molecule has 3 aromatic rings. The van der Waals surface area contributed by atoms with Crippen molar-refractivity contribution in [3.05, 3.63) is 75.4 Å². The summed E-state index contributed by atoms with van der Waals surface area (Å²) in [4.78, 5) is 9.94. The predicted molar refractivity (Wildman–Crippen MR) is 108 cm³/mol. The Hall–Kier alpha value is -2.91. The zero-order valence-corrected chi connectivity index (χ0v) is 17.4. The lowest BCUT2D eigenvalue weighted by atomic mass is 9.93. The Morgan fingerprint density at radius 2 is 1.76 bits per heavy atom. The van der Waals surface area contributed by atoms with E-state index in [1.807, 2.05) is 26.8 Å². The molecule has 10 heteroatoms. The van der Waals surface area contributed by atoms with Gasteiger partial charge in [-0.2, -0.15) is 18.2 Å². The number of hydrogen-bond donors (Lipinski definition) is 0. The summed E-state index contributed by atoms with van der Waals surface area (Å²) >= 11 is 5.77. The van der Waals surface area contributed by atoms with Gasteiger partial charge in [0.2, 0.25) is 5.88 Å². The zero-order chi connectivity index (χ0) is 21.4. The van der Waals surface area contributed by atoms with Crippen LogP contribution in [0.25, 0.3) is 5.69 Å². The third kappa shape index (κ3) is 4.41. The average Bonchev–Trinajstić information content (AvgIpc) is 3.06. The van der Waals surface area contributed by atoms with Gasteiger partial charge in [-0.15, -0.1) is 0 Å². The lowest BCUT2D eigenvalue weighted by molar-refractivity contribution is -0.384. The van der Waals surface area contributed by atoms with Gasteiger partial charge in [0.15, 0.2) is 0 Å². The topological polar surface area (TPSA) is 104 Å². The van der Waals surface area contributed by atoms with Crippen LogP contribution in [0.3, 0.4) is 0 Å². The van der Waals surface area contributed by atoms with Crippen molar-refractivity contribution >= 4 is 27.4 Å². The first-order valence-electron chi connectivity index (χ1n) is 8.53. The Morgan fingerprint density at radius 1 is 1.10 bits per heavy atom. The molecule has 0 fully saturated rings.